The Kier molecular flexibility index (Phi) is 2.11. The Morgan fingerprint density at radius 2 is 1.25 bits per heavy atom. The van der Waals surface area contributed by atoms with Gasteiger partial charge in [0.15, 0.2) is 0 Å². The molecular formula is C14H12N2. The first-order valence-electron chi connectivity index (χ1n) is 5.29. The van der Waals surface area contributed by atoms with Crippen molar-refractivity contribution in [2.75, 3.05) is 0 Å². The van der Waals surface area contributed by atoms with Crippen molar-refractivity contribution in [2.45, 2.75) is 0 Å². The van der Waals surface area contributed by atoms with Crippen LogP contribution in [0.25, 0.3) is 23.2 Å². The average molecular weight is 208 g/mol. The van der Waals surface area contributed by atoms with Crippen molar-refractivity contribution in [3.8, 4) is 0 Å². The number of rotatable bonds is 2. The molecule has 3 aromatic rings. The third kappa shape index (κ3) is 1.65. The Labute approximate surface area is 94.0 Å². The maximum atomic E-state index is 2.12. The van der Waals surface area contributed by atoms with Gasteiger partial charge >= 0.3 is 0 Å². The third-order valence-corrected chi connectivity index (χ3v) is 2.61. The van der Waals surface area contributed by atoms with E-state index in [-0.39, 0.29) is 0 Å². The molecule has 0 radical (unpaired) electrons. The first-order valence-corrected chi connectivity index (χ1v) is 5.29. The fraction of sp³-hybridized carbons (Fsp3) is 0. The van der Waals surface area contributed by atoms with Crippen molar-refractivity contribution in [1.82, 2.24) is 9.13 Å². The zero-order valence-corrected chi connectivity index (χ0v) is 8.82. The van der Waals surface area contributed by atoms with E-state index in [0.29, 0.717) is 0 Å². The summed E-state index contributed by atoms with van der Waals surface area (Å²) in [6.45, 7) is 0. The molecule has 2 aromatic heterocycles. The Morgan fingerprint density at radius 3 is 1.88 bits per heavy atom. The zero-order valence-electron chi connectivity index (χ0n) is 8.82. The average Bonchev–Trinajstić information content (AvgIpc) is 2.95. The van der Waals surface area contributed by atoms with Gasteiger partial charge in [0.25, 0.3) is 0 Å². The monoisotopic (exact) mass is 208 g/mol. The maximum absolute atomic E-state index is 2.12. The molecule has 0 saturated heterocycles. The van der Waals surface area contributed by atoms with Gasteiger partial charge in [0.05, 0.1) is 0 Å². The normalized spacial score (nSPS) is 11.5. The molecule has 78 valence electrons. The van der Waals surface area contributed by atoms with E-state index in [1.54, 1.807) is 0 Å². The summed E-state index contributed by atoms with van der Waals surface area (Å²) in [5, 5.41) is 2.53. The summed E-state index contributed by atoms with van der Waals surface area (Å²) in [4.78, 5) is 0. The van der Waals surface area contributed by atoms with Crippen LogP contribution in [0.5, 0.6) is 0 Å². The zero-order chi connectivity index (χ0) is 10.8. The predicted molar refractivity (Wildman–Crippen MR) is 67.9 cm³/mol. The summed E-state index contributed by atoms with van der Waals surface area (Å²) >= 11 is 0. The maximum Gasteiger partial charge on any atom is 0.0249 e. The quantitative estimate of drug-likeness (QED) is 0.609. The van der Waals surface area contributed by atoms with E-state index in [1.165, 1.54) is 10.8 Å². The fourth-order valence-electron chi connectivity index (χ4n) is 1.79. The summed E-state index contributed by atoms with van der Waals surface area (Å²) < 4.78 is 4.09. The summed E-state index contributed by atoms with van der Waals surface area (Å²) in [6, 6.07) is 12.4. The smallest absolute Gasteiger partial charge is 0.0249 e. The van der Waals surface area contributed by atoms with Gasteiger partial charge in [-0.2, -0.15) is 0 Å². The van der Waals surface area contributed by atoms with Crippen LogP contribution in [-0.4, -0.2) is 9.13 Å². The van der Waals surface area contributed by atoms with Gasteiger partial charge in [-0.25, -0.2) is 0 Å². The van der Waals surface area contributed by atoms with Crippen molar-refractivity contribution >= 4 is 23.2 Å². The van der Waals surface area contributed by atoms with Crippen LogP contribution >= 0.6 is 0 Å². The summed E-state index contributed by atoms with van der Waals surface area (Å²) in [6.07, 6.45) is 12.3. The lowest BCUT2D eigenvalue weighted by molar-refractivity contribution is 1.14. The van der Waals surface area contributed by atoms with Crippen LogP contribution in [-0.2, 0) is 0 Å². The highest BCUT2D eigenvalue weighted by molar-refractivity contribution is 5.83. The molecule has 0 atom stereocenters. The van der Waals surface area contributed by atoms with Crippen LogP contribution in [0.15, 0.2) is 61.2 Å². The van der Waals surface area contributed by atoms with Gasteiger partial charge in [-0.3, -0.25) is 0 Å². The van der Waals surface area contributed by atoms with Gasteiger partial charge in [0.1, 0.15) is 0 Å². The molecule has 2 nitrogen and oxygen atoms in total. The Balaban J connectivity index is 1.95. The van der Waals surface area contributed by atoms with E-state index in [9.17, 15) is 0 Å². The number of hydrogen-bond donors (Lipinski definition) is 0. The van der Waals surface area contributed by atoms with E-state index in [0.717, 1.165) is 0 Å². The van der Waals surface area contributed by atoms with Crippen molar-refractivity contribution in [3.63, 3.8) is 0 Å². The first-order chi connectivity index (χ1) is 7.92. The first kappa shape index (κ1) is 9.04. The molecule has 0 aliphatic rings. The molecule has 16 heavy (non-hydrogen) atoms. The summed E-state index contributed by atoms with van der Waals surface area (Å²) in [7, 11) is 0. The number of aromatic nitrogens is 2. The van der Waals surface area contributed by atoms with Gasteiger partial charge in [-0.15, -0.1) is 0 Å². The Hall–Kier alpha value is -2.22. The van der Waals surface area contributed by atoms with E-state index >= 15 is 0 Å². The minimum absolute atomic E-state index is 1.26. The van der Waals surface area contributed by atoms with Gasteiger partial charge in [-0.1, -0.05) is 24.3 Å². The van der Waals surface area contributed by atoms with Crippen LogP contribution in [0.3, 0.4) is 0 Å². The van der Waals surface area contributed by atoms with Crippen LogP contribution in [0, 0.1) is 0 Å². The van der Waals surface area contributed by atoms with E-state index in [1.807, 2.05) is 41.5 Å². The molecule has 0 aliphatic carbocycles. The van der Waals surface area contributed by atoms with Gasteiger partial charge in [0, 0.05) is 37.2 Å². The largest absolute Gasteiger partial charge is 0.329 e. The summed E-state index contributed by atoms with van der Waals surface area (Å²) in [5.74, 6) is 0. The molecule has 0 unspecified atom stereocenters. The fourth-order valence-corrected chi connectivity index (χ4v) is 1.79. The van der Waals surface area contributed by atoms with Crippen LogP contribution in [0.1, 0.15) is 0 Å². The van der Waals surface area contributed by atoms with Crippen molar-refractivity contribution < 1.29 is 0 Å². The number of benzene rings is 1. The SMILES string of the molecule is C(=Cn1cc2ccccc2c1)n1cccc1. The molecule has 2 heteroatoms. The molecule has 0 saturated carbocycles. The number of hydrogen-bond acceptors (Lipinski definition) is 0. The van der Waals surface area contributed by atoms with Gasteiger partial charge < -0.3 is 9.13 Å². The molecule has 0 N–H and O–H groups in total. The molecule has 2 heterocycles. The molecule has 0 bridgehead atoms. The lowest BCUT2D eigenvalue weighted by Gasteiger charge is -1.93. The minimum Gasteiger partial charge on any atom is -0.329 e. The topological polar surface area (TPSA) is 9.86 Å². The number of fused-ring (bicyclic) bond motifs is 1. The standard InChI is InChI=1S/C14H12N2/c1-2-6-14-12-16(11-13(14)5-1)10-9-15-7-3-4-8-15/h1-12H. The molecule has 0 amide bonds. The molecule has 3 rings (SSSR count). The van der Waals surface area contributed by atoms with Crippen LogP contribution in [0.2, 0.25) is 0 Å². The van der Waals surface area contributed by atoms with Crippen molar-refractivity contribution in [2.24, 2.45) is 0 Å². The van der Waals surface area contributed by atoms with Gasteiger partial charge in [-0.05, 0) is 22.9 Å². The lowest BCUT2D eigenvalue weighted by atomic mass is 10.2. The highest BCUT2D eigenvalue weighted by Gasteiger charge is 1.93. The Morgan fingerprint density at radius 1 is 0.688 bits per heavy atom. The Bertz CT molecular complexity index is 582. The third-order valence-electron chi connectivity index (χ3n) is 2.61. The second-order valence-corrected chi connectivity index (χ2v) is 3.76. The molecule has 0 spiro atoms. The van der Waals surface area contributed by atoms with E-state index in [2.05, 4.69) is 41.2 Å². The lowest BCUT2D eigenvalue weighted by Crippen LogP contribution is -1.82. The molecule has 1 aromatic carbocycles. The highest BCUT2D eigenvalue weighted by Crippen LogP contribution is 2.14. The molecule has 0 fully saturated rings. The van der Waals surface area contributed by atoms with Crippen LogP contribution in [0.4, 0.5) is 0 Å². The highest BCUT2D eigenvalue weighted by atomic mass is 15.0. The minimum atomic E-state index is 1.26. The van der Waals surface area contributed by atoms with Crippen LogP contribution < -0.4 is 0 Å². The molecule has 0 aliphatic heterocycles. The van der Waals surface area contributed by atoms with Crippen molar-refractivity contribution in [3.05, 3.63) is 61.2 Å². The van der Waals surface area contributed by atoms with Crippen molar-refractivity contribution in [1.29, 1.82) is 0 Å². The second-order valence-electron chi connectivity index (χ2n) is 3.76. The number of nitrogens with zero attached hydrogens (tertiary/aromatic N) is 2. The van der Waals surface area contributed by atoms with E-state index in [4.69, 9.17) is 0 Å². The predicted octanol–water partition coefficient (Wildman–Crippen LogP) is 3.53. The summed E-state index contributed by atoms with van der Waals surface area (Å²) in [5.41, 5.74) is 0. The van der Waals surface area contributed by atoms with E-state index < -0.39 is 0 Å². The van der Waals surface area contributed by atoms with Gasteiger partial charge in [0.2, 0.25) is 0 Å². The molecular weight excluding hydrogens is 196 g/mol. The second kappa shape index (κ2) is 3.74.